The molecule has 0 unspecified atom stereocenters. The lowest BCUT2D eigenvalue weighted by Gasteiger charge is -2.12. The fourth-order valence-electron chi connectivity index (χ4n) is 2.60. The van der Waals surface area contributed by atoms with Gasteiger partial charge in [-0.05, 0) is 48.5 Å². The van der Waals surface area contributed by atoms with E-state index in [4.69, 9.17) is 11.6 Å². The van der Waals surface area contributed by atoms with Crippen LogP contribution in [0.1, 0.15) is 15.9 Å². The molecule has 3 amide bonds. The van der Waals surface area contributed by atoms with Crippen molar-refractivity contribution in [1.29, 1.82) is 0 Å². The number of hydrogen-bond acceptors (Lipinski definition) is 2. The fraction of sp³-hybridized carbons (Fsp3) is 0.0476. The molecule has 0 radical (unpaired) electrons. The Bertz CT molecular complexity index is 1140. The molecule has 0 aromatic heterocycles. The van der Waals surface area contributed by atoms with Crippen LogP contribution in [0, 0.1) is 5.82 Å². The third-order valence-corrected chi connectivity index (χ3v) is 4.35. The molecule has 0 aliphatic heterocycles. The normalized spacial score (nSPS) is 11.0. The molecule has 0 aliphatic carbocycles. The molecule has 0 spiro atoms. The molecule has 3 rings (SSSR count). The molecule has 10 heteroatoms. The van der Waals surface area contributed by atoms with Gasteiger partial charge in [-0.2, -0.15) is 13.2 Å². The zero-order chi connectivity index (χ0) is 22.6. The van der Waals surface area contributed by atoms with Gasteiger partial charge in [-0.1, -0.05) is 29.8 Å². The summed E-state index contributed by atoms with van der Waals surface area (Å²) in [4.78, 5) is 24.3. The Kier molecular flexibility index (Phi) is 6.45. The van der Waals surface area contributed by atoms with E-state index in [0.29, 0.717) is 0 Å². The van der Waals surface area contributed by atoms with Gasteiger partial charge in [-0.15, -0.1) is 0 Å². The summed E-state index contributed by atoms with van der Waals surface area (Å²) in [6.07, 6.45) is -4.54. The number of urea groups is 1. The van der Waals surface area contributed by atoms with E-state index in [1.54, 1.807) is 0 Å². The summed E-state index contributed by atoms with van der Waals surface area (Å²) in [5.74, 6) is -1.40. The quantitative estimate of drug-likeness (QED) is 0.402. The van der Waals surface area contributed by atoms with Crippen molar-refractivity contribution in [2.45, 2.75) is 6.18 Å². The van der Waals surface area contributed by atoms with Crippen molar-refractivity contribution in [3.63, 3.8) is 0 Å². The first-order chi connectivity index (χ1) is 14.6. The van der Waals surface area contributed by atoms with Crippen LogP contribution in [0.15, 0.2) is 66.7 Å². The van der Waals surface area contributed by atoms with Crippen LogP contribution in [-0.4, -0.2) is 11.9 Å². The van der Waals surface area contributed by atoms with E-state index >= 15 is 0 Å². The molecule has 3 N–H and O–H groups in total. The number of anilines is 3. The second kappa shape index (κ2) is 9.05. The van der Waals surface area contributed by atoms with Gasteiger partial charge >= 0.3 is 12.2 Å². The number of rotatable bonds is 4. The summed E-state index contributed by atoms with van der Waals surface area (Å²) >= 11 is 6.11. The molecule has 3 aromatic rings. The Morgan fingerprint density at radius 3 is 2.13 bits per heavy atom. The second-order valence-corrected chi connectivity index (χ2v) is 6.69. The molecule has 0 heterocycles. The zero-order valence-corrected chi connectivity index (χ0v) is 16.3. The molecular formula is C21H14ClF4N3O2. The van der Waals surface area contributed by atoms with E-state index < -0.39 is 29.5 Å². The van der Waals surface area contributed by atoms with Gasteiger partial charge in [-0.25, -0.2) is 9.18 Å². The Morgan fingerprint density at radius 1 is 0.806 bits per heavy atom. The highest BCUT2D eigenvalue weighted by atomic mass is 35.5. The topological polar surface area (TPSA) is 70.2 Å². The second-order valence-electron chi connectivity index (χ2n) is 6.29. The average molecular weight is 452 g/mol. The highest BCUT2D eigenvalue weighted by Crippen LogP contribution is 2.31. The van der Waals surface area contributed by atoms with E-state index in [1.165, 1.54) is 48.5 Å². The largest absolute Gasteiger partial charge is 0.416 e. The predicted octanol–water partition coefficient (Wildman–Crippen LogP) is 6.39. The van der Waals surface area contributed by atoms with Gasteiger partial charge < -0.3 is 16.0 Å². The van der Waals surface area contributed by atoms with Crippen LogP contribution in [0.2, 0.25) is 5.02 Å². The number of benzene rings is 3. The summed E-state index contributed by atoms with van der Waals surface area (Å²) in [6, 6.07) is 12.9. The van der Waals surface area contributed by atoms with Crippen LogP contribution in [-0.2, 0) is 6.18 Å². The minimum atomic E-state index is -4.54. The molecule has 0 bridgehead atoms. The van der Waals surface area contributed by atoms with Gasteiger partial charge in [0.15, 0.2) is 0 Å². The van der Waals surface area contributed by atoms with Crippen LogP contribution >= 0.6 is 11.6 Å². The number of hydrogen-bond donors (Lipinski definition) is 3. The first-order valence-electron chi connectivity index (χ1n) is 8.74. The predicted molar refractivity (Wildman–Crippen MR) is 110 cm³/mol. The fourth-order valence-corrected chi connectivity index (χ4v) is 2.82. The Labute approximate surface area is 179 Å². The highest BCUT2D eigenvalue weighted by Gasteiger charge is 2.30. The average Bonchev–Trinajstić information content (AvgIpc) is 2.70. The van der Waals surface area contributed by atoms with Crippen molar-refractivity contribution < 1.29 is 27.2 Å². The lowest BCUT2D eigenvalue weighted by molar-refractivity contribution is -0.137. The number of carbonyl (C=O) groups is 2. The molecule has 0 aliphatic rings. The smallest absolute Gasteiger partial charge is 0.321 e. The number of nitrogens with one attached hydrogen (secondary N) is 3. The van der Waals surface area contributed by atoms with Crippen molar-refractivity contribution in [2.75, 3.05) is 16.0 Å². The molecule has 0 saturated carbocycles. The van der Waals surface area contributed by atoms with Crippen LogP contribution in [0.3, 0.4) is 0 Å². The summed E-state index contributed by atoms with van der Waals surface area (Å²) < 4.78 is 52.0. The molecule has 0 atom stereocenters. The third kappa shape index (κ3) is 5.73. The van der Waals surface area contributed by atoms with Crippen molar-refractivity contribution >= 4 is 40.6 Å². The van der Waals surface area contributed by atoms with Crippen molar-refractivity contribution in [3.05, 3.63) is 88.7 Å². The molecular weight excluding hydrogens is 438 g/mol. The zero-order valence-electron chi connectivity index (χ0n) is 15.6. The van der Waals surface area contributed by atoms with Gasteiger partial charge in [0.2, 0.25) is 0 Å². The Morgan fingerprint density at radius 2 is 1.48 bits per heavy atom. The SMILES string of the molecule is O=C(Nc1cccc(C(F)(F)F)c1)Nc1ccc(NC(=O)c2ccccc2F)c(Cl)c1. The van der Waals surface area contributed by atoms with Crippen molar-refractivity contribution in [2.24, 2.45) is 0 Å². The standard InChI is InChI=1S/C21H14ClF4N3O2/c22-16-11-14(8-9-18(16)29-19(30)15-6-1-2-7-17(15)23)28-20(31)27-13-5-3-4-12(10-13)21(24,25)26/h1-11H,(H,29,30)(H2,27,28,31). The maximum absolute atomic E-state index is 13.7. The molecule has 31 heavy (non-hydrogen) atoms. The Hall–Kier alpha value is -3.59. The highest BCUT2D eigenvalue weighted by molar-refractivity contribution is 6.34. The number of carbonyl (C=O) groups excluding carboxylic acids is 2. The lowest BCUT2D eigenvalue weighted by Crippen LogP contribution is -2.20. The maximum Gasteiger partial charge on any atom is 0.416 e. The monoisotopic (exact) mass is 451 g/mol. The van der Waals surface area contributed by atoms with Gasteiger partial charge in [0.25, 0.3) is 5.91 Å². The molecule has 0 saturated heterocycles. The van der Waals surface area contributed by atoms with Gasteiger partial charge in [0.05, 0.1) is 21.8 Å². The Balaban J connectivity index is 1.66. The minimum absolute atomic E-state index is 0.0489. The minimum Gasteiger partial charge on any atom is -0.321 e. The summed E-state index contributed by atoms with van der Waals surface area (Å²) in [6.45, 7) is 0. The lowest BCUT2D eigenvalue weighted by atomic mass is 10.2. The molecule has 0 fully saturated rings. The van der Waals surface area contributed by atoms with E-state index in [0.717, 1.165) is 18.2 Å². The van der Waals surface area contributed by atoms with E-state index in [2.05, 4.69) is 16.0 Å². The van der Waals surface area contributed by atoms with E-state index in [-0.39, 0.29) is 27.6 Å². The summed E-state index contributed by atoms with van der Waals surface area (Å²) in [7, 11) is 0. The summed E-state index contributed by atoms with van der Waals surface area (Å²) in [5, 5.41) is 7.23. The van der Waals surface area contributed by atoms with Crippen LogP contribution in [0.4, 0.5) is 39.4 Å². The van der Waals surface area contributed by atoms with Crippen LogP contribution in [0.25, 0.3) is 0 Å². The first-order valence-corrected chi connectivity index (χ1v) is 9.12. The van der Waals surface area contributed by atoms with E-state index in [1.807, 2.05) is 0 Å². The third-order valence-electron chi connectivity index (χ3n) is 4.04. The molecule has 5 nitrogen and oxygen atoms in total. The maximum atomic E-state index is 13.7. The number of halogens is 5. The van der Waals surface area contributed by atoms with Crippen LogP contribution in [0.5, 0.6) is 0 Å². The molecule has 3 aromatic carbocycles. The number of amides is 3. The molecule has 160 valence electrons. The van der Waals surface area contributed by atoms with Crippen molar-refractivity contribution in [3.8, 4) is 0 Å². The van der Waals surface area contributed by atoms with Crippen molar-refractivity contribution in [1.82, 2.24) is 0 Å². The van der Waals surface area contributed by atoms with Gasteiger partial charge in [0.1, 0.15) is 5.82 Å². The van der Waals surface area contributed by atoms with E-state index in [9.17, 15) is 27.2 Å². The number of alkyl halides is 3. The van der Waals surface area contributed by atoms with Gasteiger partial charge in [0, 0.05) is 11.4 Å². The first kappa shape index (κ1) is 22.1. The van der Waals surface area contributed by atoms with Gasteiger partial charge in [-0.3, -0.25) is 4.79 Å². The van der Waals surface area contributed by atoms with Crippen LogP contribution < -0.4 is 16.0 Å². The summed E-state index contributed by atoms with van der Waals surface area (Å²) in [5.41, 5.74) is -0.714.